The van der Waals surface area contributed by atoms with Crippen LogP contribution in [0, 0.1) is 5.92 Å². The first-order chi connectivity index (χ1) is 7.13. The molecule has 1 aliphatic carbocycles. The molecule has 3 heteroatoms. The minimum atomic E-state index is 0.179. The summed E-state index contributed by atoms with van der Waals surface area (Å²) in [7, 11) is 3.62. The molecule has 0 aliphatic heterocycles. The summed E-state index contributed by atoms with van der Waals surface area (Å²) >= 11 is 0. The molecule has 0 radical (unpaired) electrons. The van der Waals surface area contributed by atoms with E-state index in [4.69, 9.17) is 4.74 Å². The number of carbonyl (C=O) groups is 1. The van der Waals surface area contributed by atoms with E-state index in [9.17, 15) is 4.79 Å². The number of ketones is 1. The third-order valence-corrected chi connectivity index (χ3v) is 3.26. The smallest absolute Gasteiger partial charge is 0.172 e. The molecule has 0 aromatic heterocycles. The van der Waals surface area contributed by atoms with Gasteiger partial charge in [-0.15, -0.1) is 0 Å². The number of methoxy groups -OCH3 is 1. The number of rotatable bonds is 5. The van der Waals surface area contributed by atoms with Crippen molar-refractivity contribution in [2.75, 3.05) is 27.3 Å². The Balaban J connectivity index is 2.32. The lowest BCUT2D eigenvalue weighted by Crippen LogP contribution is -2.39. The molecule has 2 unspecified atom stereocenters. The summed E-state index contributed by atoms with van der Waals surface area (Å²) in [6, 6.07) is 0.592. The van der Waals surface area contributed by atoms with Gasteiger partial charge < -0.3 is 4.74 Å². The van der Waals surface area contributed by atoms with Gasteiger partial charge in [-0.3, -0.25) is 9.69 Å². The zero-order valence-electron chi connectivity index (χ0n) is 10.2. The minimum Gasteiger partial charge on any atom is -0.377 e. The Hall–Kier alpha value is -0.410. The number of Topliss-reactive ketones (excluding diaryl/α,β-unsaturated/α-hetero) is 1. The molecule has 0 saturated heterocycles. The van der Waals surface area contributed by atoms with E-state index >= 15 is 0 Å². The molecule has 1 aliphatic rings. The van der Waals surface area contributed by atoms with Crippen LogP contribution in [-0.4, -0.2) is 44.0 Å². The molecule has 0 heterocycles. The molecule has 15 heavy (non-hydrogen) atoms. The standard InChI is InChI=1S/C12H23NO2/c1-10-5-4-6-11(7-10)13(2)8-12(14)9-15-3/h10-11H,4-9H2,1-3H3. The van der Waals surface area contributed by atoms with Crippen LogP contribution >= 0.6 is 0 Å². The number of ether oxygens (including phenoxy) is 1. The second-order valence-corrected chi connectivity index (χ2v) is 4.81. The molecule has 1 rings (SSSR count). The number of hydrogen-bond acceptors (Lipinski definition) is 3. The van der Waals surface area contributed by atoms with Crippen molar-refractivity contribution < 1.29 is 9.53 Å². The number of carbonyl (C=O) groups excluding carboxylic acids is 1. The lowest BCUT2D eigenvalue weighted by molar-refractivity contribution is -0.124. The molecule has 2 atom stereocenters. The van der Waals surface area contributed by atoms with Crippen LogP contribution in [0.15, 0.2) is 0 Å². The van der Waals surface area contributed by atoms with Crippen molar-refractivity contribution in [3.63, 3.8) is 0 Å². The topological polar surface area (TPSA) is 29.5 Å². The normalized spacial score (nSPS) is 26.9. The predicted octanol–water partition coefficient (Wildman–Crippen LogP) is 1.71. The summed E-state index contributed by atoms with van der Waals surface area (Å²) in [5.41, 5.74) is 0. The van der Waals surface area contributed by atoms with Crippen LogP contribution in [0.25, 0.3) is 0 Å². The SMILES string of the molecule is COCC(=O)CN(C)C1CCCC(C)C1. The highest BCUT2D eigenvalue weighted by atomic mass is 16.5. The van der Waals surface area contributed by atoms with Crippen molar-refractivity contribution in [3.05, 3.63) is 0 Å². The van der Waals surface area contributed by atoms with Crippen LogP contribution in [0.5, 0.6) is 0 Å². The highest BCUT2D eigenvalue weighted by Crippen LogP contribution is 2.26. The van der Waals surface area contributed by atoms with Crippen molar-refractivity contribution >= 4 is 5.78 Å². The van der Waals surface area contributed by atoms with Gasteiger partial charge in [0.2, 0.25) is 0 Å². The Labute approximate surface area is 92.8 Å². The van der Waals surface area contributed by atoms with E-state index in [-0.39, 0.29) is 12.4 Å². The summed E-state index contributed by atoms with van der Waals surface area (Å²) in [6.45, 7) is 3.08. The predicted molar refractivity (Wildman–Crippen MR) is 60.9 cm³/mol. The molecule has 0 aromatic rings. The molecular formula is C12H23NO2. The van der Waals surface area contributed by atoms with Gasteiger partial charge in [0, 0.05) is 13.2 Å². The third kappa shape index (κ3) is 4.31. The van der Waals surface area contributed by atoms with Crippen LogP contribution in [0.4, 0.5) is 0 Å². The van der Waals surface area contributed by atoms with Crippen LogP contribution in [0.2, 0.25) is 0 Å². The van der Waals surface area contributed by atoms with Crippen molar-refractivity contribution in [1.82, 2.24) is 4.90 Å². The Morgan fingerprint density at radius 3 is 2.80 bits per heavy atom. The third-order valence-electron chi connectivity index (χ3n) is 3.26. The van der Waals surface area contributed by atoms with Gasteiger partial charge in [-0.1, -0.05) is 19.8 Å². The molecule has 1 fully saturated rings. The van der Waals surface area contributed by atoms with Crippen molar-refractivity contribution in [1.29, 1.82) is 0 Å². The second-order valence-electron chi connectivity index (χ2n) is 4.81. The summed E-state index contributed by atoms with van der Waals surface area (Å²) < 4.78 is 4.84. The monoisotopic (exact) mass is 213 g/mol. The van der Waals surface area contributed by atoms with Crippen molar-refractivity contribution in [2.45, 2.75) is 38.6 Å². The average molecular weight is 213 g/mol. The lowest BCUT2D eigenvalue weighted by Gasteiger charge is -2.33. The lowest BCUT2D eigenvalue weighted by atomic mass is 9.86. The summed E-state index contributed by atoms with van der Waals surface area (Å²) in [6.07, 6.45) is 5.11. The summed E-state index contributed by atoms with van der Waals surface area (Å²) in [5, 5.41) is 0. The fraction of sp³-hybridized carbons (Fsp3) is 0.917. The highest BCUT2D eigenvalue weighted by molar-refractivity contribution is 5.81. The quantitative estimate of drug-likeness (QED) is 0.696. The molecule has 0 bridgehead atoms. The van der Waals surface area contributed by atoms with E-state index in [1.165, 1.54) is 25.7 Å². The molecule has 1 saturated carbocycles. The Morgan fingerprint density at radius 1 is 1.47 bits per heavy atom. The minimum absolute atomic E-state index is 0.179. The number of likely N-dealkylation sites (N-methyl/N-ethyl adjacent to an activating group) is 1. The second kappa shape index (κ2) is 6.23. The molecule has 0 N–H and O–H groups in total. The number of hydrogen-bond donors (Lipinski definition) is 0. The Morgan fingerprint density at radius 2 is 2.20 bits per heavy atom. The highest BCUT2D eigenvalue weighted by Gasteiger charge is 2.23. The molecule has 88 valence electrons. The van der Waals surface area contributed by atoms with Gasteiger partial charge >= 0.3 is 0 Å². The maximum Gasteiger partial charge on any atom is 0.172 e. The first kappa shape index (κ1) is 12.7. The maximum absolute atomic E-state index is 11.4. The Kier molecular flexibility index (Phi) is 5.26. The van der Waals surface area contributed by atoms with E-state index < -0.39 is 0 Å². The van der Waals surface area contributed by atoms with E-state index in [1.807, 2.05) is 0 Å². The zero-order chi connectivity index (χ0) is 11.3. The van der Waals surface area contributed by atoms with Gasteiger partial charge in [0.05, 0.1) is 6.54 Å². The van der Waals surface area contributed by atoms with E-state index in [1.54, 1.807) is 7.11 Å². The number of nitrogens with zero attached hydrogens (tertiary/aromatic N) is 1. The van der Waals surface area contributed by atoms with Gasteiger partial charge in [0.15, 0.2) is 5.78 Å². The molecule has 0 aromatic carbocycles. The average Bonchev–Trinajstić information content (AvgIpc) is 2.18. The maximum atomic E-state index is 11.4. The van der Waals surface area contributed by atoms with Gasteiger partial charge in [-0.2, -0.15) is 0 Å². The van der Waals surface area contributed by atoms with Crippen LogP contribution in [0.1, 0.15) is 32.6 Å². The molecule has 0 spiro atoms. The molecular weight excluding hydrogens is 190 g/mol. The summed E-state index contributed by atoms with van der Waals surface area (Å²) in [5.74, 6) is 0.988. The van der Waals surface area contributed by atoms with Crippen LogP contribution < -0.4 is 0 Å². The van der Waals surface area contributed by atoms with Crippen LogP contribution in [0.3, 0.4) is 0 Å². The zero-order valence-corrected chi connectivity index (χ0v) is 10.2. The van der Waals surface area contributed by atoms with Gasteiger partial charge in [-0.25, -0.2) is 0 Å². The van der Waals surface area contributed by atoms with Gasteiger partial charge in [0.1, 0.15) is 6.61 Å². The van der Waals surface area contributed by atoms with Gasteiger partial charge in [-0.05, 0) is 25.8 Å². The fourth-order valence-corrected chi connectivity index (χ4v) is 2.42. The first-order valence-corrected chi connectivity index (χ1v) is 5.84. The first-order valence-electron chi connectivity index (χ1n) is 5.84. The van der Waals surface area contributed by atoms with E-state index in [0.29, 0.717) is 12.6 Å². The molecule has 3 nitrogen and oxygen atoms in total. The van der Waals surface area contributed by atoms with Gasteiger partial charge in [0.25, 0.3) is 0 Å². The van der Waals surface area contributed by atoms with Crippen LogP contribution in [-0.2, 0) is 9.53 Å². The van der Waals surface area contributed by atoms with Crippen molar-refractivity contribution in [2.24, 2.45) is 5.92 Å². The largest absolute Gasteiger partial charge is 0.377 e. The van der Waals surface area contributed by atoms with Crippen molar-refractivity contribution in [3.8, 4) is 0 Å². The summed E-state index contributed by atoms with van der Waals surface area (Å²) in [4.78, 5) is 13.6. The Bertz CT molecular complexity index is 206. The molecule has 0 amide bonds. The fourth-order valence-electron chi connectivity index (χ4n) is 2.42. The van der Waals surface area contributed by atoms with E-state index in [2.05, 4.69) is 18.9 Å². The van der Waals surface area contributed by atoms with E-state index in [0.717, 1.165) is 5.92 Å².